The molecule has 1 amide bonds. The molecule has 4 nitrogen and oxygen atoms in total. The van der Waals surface area contributed by atoms with Crippen LogP contribution in [0.25, 0.3) is 10.9 Å². The number of aromatic nitrogens is 1. The molecular formula is C18H23N3O. The topological polar surface area (TPSA) is 36.4 Å². The number of piperazine rings is 1. The number of para-hydroxylation sites is 1. The summed E-state index contributed by atoms with van der Waals surface area (Å²) in [6.07, 6.45) is 0. The molecule has 116 valence electrons. The van der Waals surface area contributed by atoms with Gasteiger partial charge in [0.1, 0.15) is 5.82 Å². The van der Waals surface area contributed by atoms with Crippen molar-refractivity contribution in [3.05, 3.63) is 35.9 Å². The zero-order valence-corrected chi connectivity index (χ0v) is 13.5. The standard InChI is InChI=1S/C18H23N3O/c1-13(2)18(22)21-10-8-20(9-11-21)17-14(3)12-15-6-4-5-7-16(15)19-17/h4-7,12-13H,8-11H2,1-3H3. The number of hydrogen-bond donors (Lipinski definition) is 0. The number of carbonyl (C=O) groups is 1. The largest absolute Gasteiger partial charge is 0.353 e. The van der Waals surface area contributed by atoms with Crippen molar-refractivity contribution in [1.29, 1.82) is 0 Å². The molecule has 0 bridgehead atoms. The van der Waals surface area contributed by atoms with Gasteiger partial charge in [0.05, 0.1) is 5.52 Å². The van der Waals surface area contributed by atoms with Crippen molar-refractivity contribution in [2.24, 2.45) is 5.92 Å². The smallest absolute Gasteiger partial charge is 0.225 e. The Morgan fingerprint density at radius 1 is 1.14 bits per heavy atom. The number of rotatable bonds is 2. The van der Waals surface area contributed by atoms with Crippen LogP contribution >= 0.6 is 0 Å². The first kappa shape index (κ1) is 14.8. The molecular weight excluding hydrogens is 274 g/mol. The predicted octanol–water partition coefficient (Wildman–Crippen LogP) is 2.85. The Bertz CT molecular complexity index is 688. The molecule has 3 rings (SSSR count). The Labute approximate surface area is 131 Å². The summed E-state index contributed by atoms with van der Waals surface area (Å²) in [6, 6.07) is 10.4. The van der Waals surface area contributed by atoms with Crippen molar-refractivity contribution < 1.29 is 4.79 Å². The van der Waals surface area contributed by atoms with Crippen molar-refractivity contribution in [1.82, 2.24) is 9.88 Å². The Morgan fingerprint density at radius 3 is 2.50 bits per heavy atom. The van der Waals surface area contributed by atoms with E-state index < -0.39 is 0 Å². The molecule has 1 aliphatic rings. The summed E-state index contributed by atoms with van der Waals surface area (Å²) < 4.78 is 0. The molecule has 1 fully saturated rings. The minimum absolute atomic E-state index is 0.0760. The Balaban J connectivity index is 1.79. The maximum Gasteiger partial charge on any atom is 0.225 e. The lowest BCUT2D eigenvalue weighted by Gasteiger charge is -2.36. The molecule has 22 heavy (non-hydrogen) atoms. The normalized spacial score (nSPS) is 15.6. The molecule has 0 aliphatic carbocycles. The number of anilines is 1. The van der Waals surface area contributed by atoms with Crippen LogP contribution in [0.4, 0.5) is 5.82 Å². The van der Waals surface area contributed by atoms with E-state index in [-0.39, 0.29) is 11.8 Å². The fourth-order valence-corrected chi connectivity index (χ4v) is 3.04. The van der Waals surface area contributed by atoms with Crippen LogP contribution in [-0.4, -0.2) is 42.0 Å². The lowest BCUT2D eigenvalue weighted by Crippen LogP contribution is -2.50. The van der Waals surface area contributed by atoms with Crippen molar-refractivity contribution in [2.75, 3.05) is 31.1 Å². The summed E-state index contributed by atoms with van der Waals surface area (Å²) in [5.74, 6) is 1.38. The van der Waals surface area contributed by atoms with Gasteiger partial charge in [-0.3, -0.25) is 4.79 Å². The van der Waals surface area contributed by atoms with Crippen LogP contribution in [0.1, 0.15) is 19.4 Å². The molecule has 1 aliphatic heterocycles. The van der Waals surface area contributed by atoms with E-state index in [1.807, 2.05) is 30.9 Å². The Hall–Kier alpha value is -2.10. The van der Waals surface area contributed by atoms with E-state index >= 15 is 0 Å². The predicted molar refractivity (Wildman–Crippen MR) is 90.1 cm³/mol. The number of benzene rings is 1. The molecule has 4 heteroatoms. The van der Waals surface area contributed by atoms with Crippen molar-refractivity contribution in [3.8, 4) is 0 Å². The molecule has 2 aromatic rings. The van der Waals surface area contributed by atoms with Crippen molar-refractivity contribution >= 4 is 22.6 Å². The van der Waals surface area contributed by atoms with Crippen LogP contribution in [0.3, 0.4) is 0 Å². The third-order valence-corrected chi connectivity index (χ3v) is 4.27. The molecule has 1 aromatic heterocycles. The van der Waals surface area contributed by atoms with Gasteiger partial charge < -0.3 is 9.80 Å². The number of amides is 1. The molecule has 2 heterocycles. The van der Waals surface area contributed by atoms with E-state index in [0.29, 0.717) is 0 Å². The summed E-state index contributed by atoms with van der Waals surface area (Å²) in [5, 5.41) is 1.18. The van der Waals surface area contributed by atoms with Gasteiger partial charge in [-0.15, -0.1) is 0 Å². The summed E-state index contributed by atoms with van der Waals surface area (Å²) >= 11 is 0. The van der Waals surface area contributed by atoms with E-state index in [1.165, 1.54) is 10.9 Å². The zero-order chi connectivity index (χ0) is 15.7. The van der Waals surface area contributed by atoms with E-state index in [0.717, 1.165) is 37.5 Å². The van der Waals surface area contributed by atoms with Crippen LogP contribution in [0, 0.1) is 12.8 Å². The maximum atomic E-state index is 12.1. The summed E-state index contributed by atoms with van der Waals surface area (Å²) in [4.78, 5) is 21.2. The number of nitrogens with zero attached hydrogens (tertiary/aromatic N) is 3. The molecule has 0 saturated carbocycles. The first-order valence-electron chi connectivity index (χ1n) is 7.96. The lowest BCUT2D eigenvalue weighted by molar-refractivity contribution is -0.134. The zero-order valence-electron chi connectivity index (χ0n) is 13.5. The van der Waals surface area contributed by atoms with Gasteiger partial charge in [0, 0.05) is 37.5 Å². The number of pyridine rings is 1. The van der Waals surface area contributed by atoms with Crippen molar-refractivity contribution in [3.63, 3.8) is 0 Å². The molecule has 0 atom stereocenters. The second kappa shape index (κ2) is 5.95. The average Bonchev–Trinajstić information content (AvgIpc) is 2.53. The quantitative estimate of drug-likeness (QED) is 0.855. The highest BCUT2D eigenvalue weighted by atomic mass is 16.2. The van der Waals surface area contributed by atoms with E-state index in [4.69, 9.17) is 4.98 Å². The summed E-state index contributed by atoms with van der Waals surface area (Å²) in [7, 11) is 0. The fourth-order valence-electron chi connectivity index (χ4n) is 3.04. The fraction of sp³-hybridized carbons (Fsp3) is 0.444. The van der Waals surface area contributed by atoms with E-state index in [2.05, 4.69) is 30.0 Å². The lowest BCUT2D eigenvalue weighted by atomic mass is 10.1. The maximum absolute atomic E-state index is 12.1. The van der Waals surface area contributed by atoms with Gasteiger partial charge in [0.15, 0.2) is 0 Å². The second-order valence-corrected chi connectivity index (χ2v) is 6.29. The Kier molecular flexibility index (Phi) is 4.01. The van der Waals surface area contributed by atoms with E-state index in [1.54, 1.807) is 0 Å². The van der Waals surface area contributed by atoms with Gasteiger partial charge in [-0.1, -0.05) is 32.0 Å². The third kappa shape index (κ3) is 2.78. The van der Waals surface area contributed by atoms with Gasteiger partial charge in [-0.2, -0.15) is 0 Å². The first-order chi connectivity index (χ1) is 10.6. The van der Waals surface area contributed by atoms with E-state index in [9.17, 15) is 4.79 Å². The summed E-state index contributed by atoms with van der Waals surface area (Å²) in [5.41, 5.74) is 2.23. The highest BCUT2D eigenvalue weighted by Gasteiger charge is 2.24. The third-order valence-electron chi connectivity index (χ3n) is 4.27. The van der Waals surface area contributed by atoms with Gasteiger partial charge in [-0.25, -0.2) is 4.98 Å². The monoisotopic (exact) mass is 297 g/mol. The Morgan fingerprint density at radius 2 is 1.82 bits per heavy atom. The highest BCUT2D eigenvalue weighted by Crippen LogP contribution is 2.24. The van der Waals surface area contributed by atoms with Gasteiger partial charge >= 0.3 is 0 Å². The van der Waals surface area contributed by atoms with Gasteiger partial charge in [-0.05, 0) is 24.6 Å². The number of fused-ring (bicyclic) bond motifs is 1. The van der Waals surface area contributed by atoms with Crippen LogP contribution in [-0.2, 0) is 4.79 Å². The van der Waals surface area contributed by atoms with Crippen LogP contribution in [0.5, 0.6) is 0 Å². The van der Waals surface area contributed by atoms with Crippen LogP contribution in [0.2, 0.25) is 0 Å². The molecule has 1 saturated heterocycles. The molecule has 0 unspecified atom stereocenters. The number of carbonyl (C=O) groups excluding carboxylic acids is 1. The highest BCUT2D eigenvalue weighted by molar-refractivity contribution is 5.82. The number of aryl methyl sites for hydroxylation is 1. The van der Waals surface area contributed by atoms with Crippen LogP contribution < -0.4 is 4.90 Å². The average molecular weight is 297 g/mol. The van der Waals surface area contributed by atoms with Crippen molar-refractivity contribution in [2.45, 2.75) is 20.8 Å². The van der Waals surface area contributed by atoms with Gasteiger partial charge in [0.2, 0.25) is 5.91 Å². The second-order valence-electron chi connectivity index (χ2n) is 6.29. The first-order valence-corrected chi connectivity index (χ1v) is 7.96. The molecule has 0 N–H and O–H groups in total. The van der Waals surface area contributed by atoms with Crippen LogP contribution in [0.15, 0.2) is 30.3 Å². The number of hydrogen-bond acceptors (Lipinski definition) is 3. The molecule has 0 radical (unpaired) electrons. The molecule has 0 spiro atoms. The summed E-state index contributed by atoms with van der Waals surface area (Å²) in [6.45, 7) is 9.30. The molecule has 1 aromatic carbocycles. The minimum atomic E-state index is 0.0760. The minimum Gasteiger partial charge on any atom is -0.353 e. The van der Waals surface area contributed by atoms with Gasteiger partial charge in [0.25, 0.3) is 0 Å². The SMILES string of the molecule is Cc1cc2ccccc2nc1N1CCN(C(=O)C(C)C)CC1.